The van der Waals surface area contributed by atoms with Crippen LogP contribution in [0.2, 0.25) is 0 Å². The standard InChI is InChI=1S/C17H26O3/c1-5-6-7-8-9-10-11-13(2)17-15(18)16(19-4)14(3)12-20-17/h5-11,14-18H,12H2,1-4H3/b6-5+,8-7+,10-9+,13-11+. The first-order valence-corrected chi connectivity index (χ1v) is 7.07. The highest BCUT2D eigenvalue weighted by Crippen LogP contribution is 2.26. The van der Waals surface area contributed by atoms with Crippen LogP contribution in [0.5, 0.6) is 0 Å². The van der Waals surface area contributed by atoms with Gasteiger partial charge >= 0.3 is 0 Å². The summed E-state index contributed by atoms with van der Waals surface area (Å²) in [5, 5.41) is 10.3. The SMILES string of the molecule is C/C=C/C=C/C=C/C=C(\C)C1OCC(C)C(OC)C1O. The summed E-state index contributed by atoms with van der Waals surface area (Å²) >= 11 is 0. The molecule has 0 aromatic rings. The quantitative estimate of drug-likeness (QED) is 0.786. The molecular weight excluding hydrogens is 252 g/mol. The summed E-state index contributed by atoms with van der Waals surface area (Å²) < 4.78 is 11.1. The van der Waals surface area contributed by atoms with Crippen molar-refractivity contribution in [2.24, 2.45) is 5.92 Å². The maximum Gasteiger partial charge on any atom is 0.110 e. The number of hydrogen-bond donors (Lipinski definition) is 1. The molecule has 20 heavy (non-hydrogen) atoms. The molecule has 0 amide bonds. The van der Waals surface area contributed by atoms with E-state index in [1.165, 1.54) is 0 Å². The number of aliphatic hydroxyl groups excluding tert-OH is 1. The van der Waals surface area contributed by atoms with Gasteiger partial charge in [-0.1, -0.05) is 49.5 Å². The van der Waals surface area contributed by atoms with Crippen molar-refractivity contribution < 1.29 is 14.6 Å². The van der Waals surface area contributed by atoms with Gasteiger partial charge in [-0.25, -0.2) is 0 Å². The highest BCUT2D eigenvalue weighted by Gasteiger charge is 2.37. The molecule has 0 spiro atoms. The molecule has 1 aliphatic rings. The molecule has 0 saturated carbocycles. The second-order valence-electron chi connectivity index (χ2n) is 5.13. The lowest BCUT2D eigenvalue weighted by atomic mass is 9.90. The van der Waals surface area contributed by atoms with E-state index in [4.69, 9.17) is 9.47 Å². The molecule has 1 N–H and O–H groups in total. The van der Waals surface area contributed by atoms with Gasteiger partial charge in [0.05, 0.1) is 12.7 Å². The van der Waals surface area contributed by atoms with Crippen LogP contribution < -0.4 is 0 Å². The third-order valence-corrected chi connectivity index (χ3v) is 3.46. The smallest absolute Gasteiger partial charge is 0.110 e. The average Bonchev–Trinajstić information content (AvgIpc) is 2.43. The number of allylic oxidation sites excluding steroid dienone is 7. The first kappa shape index (κ1) is 16.9. The van der Waals surface area contributed by atoms with Crippen LogP contribution in [0.25, 0.3) is 0 Å². The predicted octanol–water partition coefficient (Wildman–Crippen LogP) is 3.03. The third-order valence-electron chi connectivity index (χ3n) is 3.46. The van der Waals surface area contributed by atoms with Gasteiger partial charge in [-0.05, 0) is 19.4 Å². The molecule has 0 radical (unpaired) electrons. The van der Waals surface area contributed by atoms with Gasteiger partial charge in [0.1, 0.15) is 12.2 Å². The number of methoxy groups -OCH3 is 1. The molecule has 1 saturated heterocycles. The molecule has 1 fully saturated rings. The first-order chi connectivity index (χ1) is 9.61. The van der Waals surface area contributed by atoms with Crippen molar-refractivity contribution in [2.45, 2.75) is 39.1 Å². The molecule has 1 aliphatic heterocycles. The highest BCUT2D eigenvalue weighted by molar-refractivity contribution is 5.21. The van der Waals surface area contributed by atoms with Crippen molar-refractivity contribution in [1.29, 1.82) is 0 Å². The van der Waals surface area contributed by atoms with E-state index in [-0.39, 0.29) is 18.1 Å². The fraction of sp³-hybridized carbons (Fsp3) is 0.529. The number of rotatable bonds is 5. The number of ether oxygens (including phenoxy) is 2. The Morgan fingerprint density at radius 2 is 1.85 bits per heavy atom. The molecule has 0 bridgehead atoms. The van der Waals surface area contributed by atoms with E-state index in [0.29, 0.717) is 6.61 Å². The Morgan fingerprint density at radius 3 is 2.50 bits per heavy atom. The van der Waals surface area contributed by atoms with Crippen molar-refractivity contribution in [3.05, 3.63) is 48.1 Å². The van der Waals surface area contributed by atoms with E-state index in [9.17, 15) is 5.11 Å². The van der Waals surface area contributed by atoms with E-state index in [0.717, 1.165) is 5.57 Å². The van der Waals surface area contributed by atoms with Crippen LogP contribution in [0.15, 0.2) is 48.1 Å². The Labute approximate surface area is 122 Å². The Hall–Kier alpha value is -1.16. The Morgan fingerprint density at radius 1 is 1.20 bits per heavy atom. The summed E-state index contributed by atoms with van der Waals surface area (Å²) in [6.07, 6.45) is 12.7. The van der Waals surface area contributed by atoms with Crippen LogP contribution in [-0.4, -0.2) is 37.1 Å². The molecule has 3 nitrogen and oxygen atoms in total. The maximum atomic E-state index is 10.3. The van der Waals surface area contributed by atoms with E-state index < -0.39 is 6.10 Å². The summed E-state index contributed by atoms with van der Waals surface area (Å²) in [6.45, 7) is 6.58. The van der Waals surface area contributed by atoms with Gasteiger partial charge in [0.2, 0.25) is 0 Å². The number of aliphatic hydroxyl groups is 1. The molecule has 1 rings (SSSR count). The average molecular weight is 278 g/mol. The normalized spacial score (nSPS) is 32.8. The van der Waals surface area contributed by atoms with Gasteiger partial charge < -0.3 is 14.6 Å². The van der Waals surface area contributed by atoms with Crippen molar-refractivity contribution in [3.8, 4) is 0 Å². The van der Waals surface area contributed by atoms with Crippen molar-refractivity contribution in [3.63, 3.8) is 0 Å². The minimum Gasteiger partial charge on any atom is -0.387 e. The zero-order valence-corrected chi connectivity index (χ0v) is 12.8. The zero-order chi connectivity index (χ0) is 15.0. The minimum atomic E-state index is -0.619. The van der Waals surface area contributed by atoms with E-state index in [1.807, 2.05) is 63.3 Å². The van der Waals surface area contributed by atoms with E-state index >= 15 is 0 Å². The monoisotopic (exact) mass is 278 g/mol. The van der Waals surface area contributed by atoms with Crippen LogP contribution in [0, 0.1) is 5.92 Å². The lowest BCUT2D eigenvalue weighted by Gasteiger charge is -2.38. The van der Waals surface area contributed by atoms with E-state index in [2.05, 4.69) is 0 Å². The maximum absolute atomic E-state index is 10.3. The second-order valence-corrected chi connectivity index (χ2v) is 5.13. The number of hydrogen-bond acceptors (Lipinski definition) is 3. The minimum absolute atomic E-state index is 0.171. The highest BCUT2D eigenvalue weighted by atomic mass is 16.5. The lowest BCUT2D eigenvalue weighted by Crippen LogP contribution is -2.50. The third kappa shape index (κ3) is 4.75. The van der Waals surface area contributed by atoms with Crippen LogP contribution in [0.1, 0.15) is 20.8 Å². The van der Waals surface area contributed by atoms with Gasteiger partial charge in [-0.15, -0.1) is 0 Å². The Kier molecular flexibility index (Phi) is 7.52. The molecular formula is C17H26O3. The second kappa shape index (κ2) is 8.90. The molecule has 112 valence electrons. The fourth-order valence-corrected chi connectivity index (χ4v) is 2.34. The lowest BCUT2D eigenvalue weighted by molar-refractivity contribution is -0.158. The summed E-state index contributed by atoms with van der Waals surface area (Å²) in [4.78, 5) is 0. The Balaban J connectivity index is 2.64. The predicted molar refractivity (Wildman–Crippen MR) is 82.6 cm³/mol. The van der Waals surface area contributed by atoms with Crippen molar-refractivity contribution in [1.82, 2.24) is 0 Å². The largest absolute Gasteiger partial charge is 0.387 e. The van der Waals surface area contributed by atoms with Gasteiger partial charge in [0.15, 0.2) is 0 Å². The van der Waals surface area contributed by atoms with Crippen LogP contribution in [0.4, 0.5) is 0 Å². The van der Waals surface area contributed by atoms with Gasteiger partial charge in [-0.3, -0.25) is 0 Å². The molecule has 4 unspecified atom stereocenters. The molecule has 0 aromatic carbocycles. The van der Waals surface area contributed by atoms with Crippen LogP contribution >= 0.6 is 0 Å². The van der Waals surface area contributed by atoms with Gasteiger partial charge in [0, 0.05) is 13.0 Å². The topological polar surface area (TPSA) is 38.7 Å². The molecule has 0 aliphatic carbocycles. The molecule has 0 aromatic heterocycles. The summed E-state index contributed by atoms with van der Waals surface area (Å²) in [5.41, 5.74) is 1.00. The molecule has 1 heterocycles. The molecule has 3 heteroatoms. The zero-order valence-electron chi connectivity index (χ0n) is 12.8. The van der Waals surface area contributed by atoms with Crippen LogP contribution in [0.3, 0.4) is 0 Å². The van der Waals surface area contributed by atoms with Gasteiger partial charge in [-0.2, -0.15) is 0 Å². The summed E-state index contributed by atoms with van der Waals surface area (Å²) in [7, 11) is 1.64. The fourth-order valence-electron chi connectivity index (χ4n) is 2.34. The van der Waals surface area contributed by atoms with Crippen LogP contribution in [-0.2, 0) is 9.47 Å². The Bertz CT molecular complexity index is 393. The molecule has 4 atom stereocenters. The summed E-state index contributed by atoms with van der Waals surface area (Å²) in [6, 6.07) is 0. The van der Waals surface area contributed by atoms with Gasteiger partial charge in [0.25, 0.3) is 0 Å². The summed E-state index contributed by atoms with van der Waals surface area (Å²) in [5.74, 6) is 0.207. The van der Waals surface area contributed by atoms with Crippen molar-refractivity contribution >= 4 is 0 Å². The van der Waals surface area contributed by atoms with Crippen molar-refractivity contribution in [2.75, 3.05) is 13.7 Å². The van der Waals surface area contributed by atoms with E-state index in [1.54, 1.807) is 7.11 Å². The first-order valence-electron chi connectivity index (χ1n) is 7.07.